The van der Waals surface area contributed by atoms with Crippen LogP contribution in [-0.4, -0.2) is 46.3 Å². The molecule has 1 aliphatic rings. The summed E-state index contributed by atoms with van der Waals surface area (Å²) in [7, 11) is -1.95. The van der Waals surface area contributed by atoms with Crippen molar-refractivity contribution in [2.75, 3.05) is 13.4 Å². The molecule has 130 valence electrons. The van der Waals surface area contributed by atoms with Crippen molar-refractivity contribution in [2.45, 2.75) is 23.9 Å². The van der Waals surface area contributed by atoms with Crippen LogP contribution in [0, 0.1) is 0 Å². The molecule has 1 saturated carbocycles. The van der Waals surface area contributed by atoms with Crippen LogP contribution in [0.25, 0.3) is 17.0 Å². The van der Waals surface area contributed by atoms with Gasteiger partial charge >= 0.3 is 0 Å². The van der Waals surface area contributed by atoms with Crippen LogP contribution in [0.1, 0.15) is 24.5 Å². The van der Waals surface area contributed by atoms with E-state index in [1.165, 1.54) is 6.20 Å². The van der Waals surface area contributed by atoms with Crippen LogP contribution in [-0.2, 0) is 9.84 Å². The highest BCUT2D eigenvalue weighted by Crippen LogP contribution is 2.43. The topological polar surface area (TPSA) is 99.3 Å². The van der Waals surface area contributed by atoms with E-state index < -0.39 is 9.84 Å². The van der Waals surface area contributed by atoms with Crippen LogP contribution in [0.15, 0.2) is 23.6 Å². The third kappa shape index (κ3) is 2.93. The highest BCUT2D eigenvalue weighted by atomic mass is 35.5. The third-order valence-corrected chi connectivity index (χ3v) is 5.06. The molecular formula is C15H14ClN5O3S. The molecule has 0 saturated heterocycles. The second kappa shape index (κ2) is 5.63. The molecule has 0 unspecified atom stereocenters. The minimum Gasteiger partial charge on any atom is -0.495 e. The Morgan fingerprint density at radius 2 is 2.08 bits per heavy atom. The van der Waals surface area contributed by atoms with Gasteiger partial charge in [-0.15, -0.1) is 0 Å². The number of halogens is 1. The summed E-state index contributed by atoms with van der Waals surface area (Å²) >= 11 is 6.14. The van der Waals surface area contributed by atoms with Crippen molar-refractivity contribution in [1.29, 1.82) is 0 Å². The lowest BCUT2D eigenvalue weighted by molar-refractivity contribution is 0.405. The number of sulfone groups is 1. The van der Waals surface area contributed by atoms with Gasteiger partial charge in [-0.25, -0.2) is 27.9 Å². The number of ether oxygens (including phenoxy) is 1. The highest BCUT2D eigenvalue weighted by molar-refractivity contribution is 7.90. The number of methoxy groups -OCH3 is 1. The lowest BCUT2D eigenvalue weighted by Gasteiger charge is -2.06. The van der Waals surface area contributed by atoms with Crippen LogP contribution in [0.4, 0.5) is 0 Å². The summed E-state index contributed by atoms with van der Waals surface area (Å²) in [6, 6.07) is 1.80. The molecule has 0 aliphatic heterocycles. The number of aromatic nitrogens is 5. The van der Waals surface area contributed by atoms with E-state index in [1.807, 2.05) is 0 Å². The monoisotopic (exact) mass is 379 g/mol. The summed E-state index contributed by atoms with van der Waals surface area (Å²) in [5.74, 6) is 1.10. The first-order valence-corrected chi connectivity index (χ1v) is 9.81. The molecule has 3 aromatic rings. The zero-order valence-electron chi connectivity index (χ0n) is 13.5. The molecule has 0 radical (unpaired) electrons. The van der Waals surface area contributed by atoms with E-state index in [9.17, 15) is 8.42 Å². The van der Waals surface area contributed by atoms with E-state index in [0.29, 0.717) is 23.0 Å². The first kappa shape index (κ1) is 16.2. The van der Waals surface area contributed by atoms with Gasteiger partial charge in [0, 0.05) is 18.2 Å². The first-order valence-electron chi connectivity index (χ1n) is 7.54. The average Bonchev–Trinajstić information content (AvgIpc) is 3.32. The van der Waals surface area contributed by atoms with Gasteiger partial charge in [0.1, 0.15) is 22.8 Å². The van der Waals surface area contributed by atoms with Crippen molar-refractivity contribution in [3.8, 4) is 17.1 Å². The summed E-state index contributed by atoms with van der Waals surface area (Å²) in [5.41, 5.74) is 2.12. The molecule has 8 nitrogen and oxygen atoms in total. The van der Waals surface area contributed by atoms with Crippen LogP contribution >= 0.6 is 11.6 Å². The fourth-order valence-corrected chi connectivity index (χ4v) is 3.24. The zero-order valence-corrected chi connectivity index (χ0v) is 15.0. The van der Waals surface area contributed by atoms with Crippen molar-refractivity contribution in [3.63, 3.8) is 0 Å². The molecule has 4 rings (SSSR count). The number of rotatable bonds is 4. The largest absolute Gasteiger partial charge is 0.495 e. The smallest absolute Gasteiger partial charge is 0.247 e. The predicted molar refractivity (Wildman–Crippen MR) is 90.7 cm³/mol. The van der Waals surface area contributed by atoms with Gasteiger partial charge in [-0.2, -0.15) is 5.10 Å². The van der Waals surface area contributed by atoms with Crippen LogP contribution in [0.2, 0.25) is 5.02 Å². The molecule has 0 bridgehead atoms. The number of nitrogens with zero attached hydrogens (tertiary/aromatic N) is 5. The number of imidazole rings is 1. The van der Waals surface area contributed by atoms with Crippen LogP contribution in [0.3, 0.4) is 0 Å². The van der Waals surface area contributed by atoms with Crippen LogP contribution < -0.4 is 4.74 Å². The molecule has 1 fully saturated rings. The molecule has 0 aromatic carbocycles. The van der Waals surface area contributed by atoms with Crippen molar-refractivity contribution in [1.82, 2.24) is 24.6 Å². The minimum atomic E-state index is -3.55. The van der Waals surface area contributed by atoms with Crippen molar-refractivity contribution in [2.24, 2.45) is 0 Å². The Kier molecular flexibility index (Phi) is 3.66. The minimum absolute atomic E-state index is 0.213. The van der Waals surface area contributed by atoms with Gasteiger partial charge in [0.15, 0.2) is 5.65 Å². The van der Waals surface area contributed by atoms with Gasteiger partial charge in [0.2, 0.25) is 15.0 Å². The molecule has 3 aromatic heterocycles. The van der Waals surface area contributed by atoms with Gasteiger partial charge in [0.25, 0.3) is 0 Å². The van der Waals surface area contributed by atoms with E-state index in [1.54, 1.807) is 23.9 Å². The molecule has 0 spiro atoms. The average molecular weight is 380 g/mol. The molecule has 0 atom stereocenters. The van der Waals surface area contributed by atoms with Gasteiger partial charge in [-0.05, 0) is 12.8 Å². The van der Waals surface area contributed by atoms with Gasteiger partial charge in [-0.3, -0.25) is 0 Å². The lowest BCUT2D eigenvalue weighted by atomic mass is 10.2. The van der Waals surface area contributed by atoms with Crippen molar-refractivity contribution in [3.05, 3.63) is 29.2 Å². The van der Waals surface area contributed by atoms with E-state index >= 15 is 0 Å². The summed E-state index contributed by atoms with van der Waals surface area (Å²) < 4.78 is 30.4. The van der Waals surface area contributed by atoms with Gasteiger partial charge in [-0.1, -0.05) is 11.6 Å². The molecule has 0 amide bonds. The summed E-state index contributed by atoms with van der Waals surface area (Å²) in [6.07, 6.45) is 6.14. The SMILES string of the molecule is COc1cc2nc(-c3nc(S(C)(=O)=O)ncc3Cl)cn2nc1C1CC1. The molecule has 0 N–H and O–H groups in total. The number of hydrogen-bond acceptors (Lipinski definition) is 7. The molecule has 1 aliphatic carbocycles. The maximum Gasteiger partial charge on any atom is 0.247 e. The van der Waals surface area contributed by atoms with Crippen molar-refractivity contribution < 1.29 is 13.2 Å². The predicted octanol–water partition coefficient (Wildman–Crippen LogP) is 2.13. The molecule has 25 heavy (non-hydrogen) atoms. The Bertz CT molecular complexity index is 1090. The standard InChI is InChI=1S/C15H14ClN5O3S/c1-24-11-5-12-18-10(7-21(12)20-13(11)8-3-4-8)14-9(16)6-17-15(19-14)25(2,22)23/h5-8H,3-4H2,1-2H3. The van der Waals surface area contributed by atoms with Gasteiger partial charge < -0.3 is 4.74 Å². The maximum atomic E-state index is 11.7. The Hall–Kier alpha value is -2.26. The fourth-order valence-electron chi connectivity index (χ4n) is 2.55. The Balaban J connectivity index is 1.87. The highest BCUT2D eigenvalue weighted by Gasteiger charge is 2.29. The zero-order chi connectivity index (χ0) is 17.8. The summed E-state index contributed by atoms with van der Waals surface area (Å²) in [4.78, 5) is 12.3. The van der Waals surface area contributed by atoms with E-state index in [2.05, 4.69) is 20.1 Å². The molecule has 10 heteroatoms. The normalized spacial score (nSPS) is 14.8. The second-order valence-corrected chi connectivity index (χ2v) is 8.24. The Morgan fingerprint density at radius 3 is 2.72 bits per heavy atom. The van der Waals surface area contributed by atoms with Crippen molar-refractivity contribution >= 4 is 27.1 Å². The maximum absolute atomic E-state index is 11.7. The van der Waals surface area contributed by atoms with E-state index in [-0.39, 0.29) is 15.9 Å². The molecule has 3 heterocycles. The Morgan fingerprint density at radius 1 is 1.32 bits per heavy atom. The quantitative estimate of drug-likeness (QED) is 0.640. The van der Waals surface area contributed by atoms with Crippen LogP contribution in [0.5, 0.6) is 5.75 Å². The van der Waals surface area contributed by atoms with E-state index in [4.69, 9.17) is 16.3 Å². The lowest BCUT2D eigenvalue weighted by Crippen LogP contribution is -2.05. The third-order valence-electron chi connectivity index (χ3n) is 3.92. The first-order chi connectivity index (χ1) is 11.9. The van der Waals surface area contributed by atoms with Gasteiger partial charge in [0.05, 0.1) is 24.5 Å². The van der Waals surface area contributed by atoms with E-state index in [0.717, 1.165) is 24.8 Å². The Labute approximate surface area is 148 Å². The second-order valence-electron chi connectivity index (χ2n) is 5.92. The number of hydrogen-bond donors (Lipinski definition) is 0. The summed E-state index contributed by atoms with van der Waals surface area (Å²) in [6.45, 7) is 0. The summed E-state index contributed by atoms with van der Waals surface area (Å²) in [5, 5.41) is 4.49. The molecular weight excluding hydrogens is 366 g/mol. The fraction of sp³-hybridized carbons (Fsp3) is 0.333. The number of fused-ring (bicyclic) bond motifs is 1.